The molecule has 0 fully saturated rings. The van der Waals surface area contributed by atoms with Gasteiger partial charge in [-0.05, 0) is 43.3 Å². The molecule has 0 atom stereocenters. The number of hydrogen-bond acceptors (Lipinski definition) is 5. The number of nitrogens with zero attached hydrogens (tertiary/aromatic N) is 3. The molecule has 0 radical (unpaired) electrons. The molecule has 0 aromatic carbocycles. The van der Waals surface area contributed by atoms with Crippen LogP contribution < -0.4 is 0 Å². The number of carboxylic acid groups (broad SMARTS) is 1. The van der Waals surface area contributed by atoms with Gasteiger partial charge in [0.2, 0.25) is 11.7 Å². The van der Waals surface area contributed by atoms with Gasteiger partial charge in [-0.25, -0.2) is 0 Å². The van der Waals surface area contributed by atoms with E-state index in [9.17, 15) is 4.79 Å². The lowest BCUT2D eigenvalue weighted by Crippen LogP contribution is -2.19. The average Bonchev–Trinajstić information content (AvgIpc) is 2.74. The number of carboxylic acids is 1. The maximum atomic E-state index is 10.8. The zero-order chi connectivity index (χ0) is 15.6. The van der Waals surface area contributed by atoms with Crippen LogP contribution in [-0.2, 0) is 11.2 Å². The van der Waals surface area contributed by atoms with Gasteiger partial charge in [0.15, 0.2) is 0 Å². The first-order chi connectivity index (χ1) is 9.77. The lowest BCUT2D eigenvalue weighted by atomic mass is 9.86. The van der Waals surface area contributed by atoms with Crippen LogP contribution in [0.2, 0.25) is 0 Å². The minimum absolute atomic E-state index is 0.0327. The predicted octanol–water partition coefficient (Wildman–Crippen LogP) is 3.70. The minimum atomic E-state index is -0.850. The number of pyridine rings is 1. The number of carbonyl (C=O) groups is 1. The molecule has 0 saturated carbocycles. The van der Waals surface area contributed by atoms with E-state index in [1.165, 1.54) is 0 Å². The zero-order valence-corrected chi connectivity index (χ0v) is 14.6. The molecule has 6 nitrogen and oxygen atoms in total. The Bertz CT molecular complexity index is 670. The molecule has 21 heavy (non-hydrogen) atoms. The molecular formula is C13H13Br2N3O3. The zero-order valence-electron chi connectivity index (χ0n) is 11.4. The fourth-order valence-electron chi connectivity index (χ4n) is 1.88. The maximum absolute atomic E-state index is 10.8. The number of hydrogen-bond donors (Lipinski definition) is 1. The van der Waals surface area contributed by atoms with Crippen LogP contribution in [0.25, 0.3) is 11.5 Å². The van der Waals surface area contributed by atoms with Gasteiger partial charge in [0.1, 0.15) is 5.69 Å². The Kier molecular flexibility index (Phi) is 4.77. The third kappa shape index (κ3) is 4.34. The van der Waals surface area contributed by atoms with Gasteiger partial charge in [-0.2, -0.15) is 4.98 Å². The topological polar surface area (TPSA) is 89.1 Å². The maximum Gasteiger partial charge on any atom is 0.303 e. The van der Waals surface area contributed by atoms with Crippen LogP contribution in [0.5, 0.6) is 0 Å². The van der Waals surface area contributed by atoms with Gasteiger partial charge in [0.25, 0.3) is 0 Å². The van der Waals surface area contributed by atoms with Crippen molar-refractivity contribution in [3.8, 4) is 11.5 Å². The van der Waals surface area contributed by atoms with Crippen molar-refractivity contribution < 1.29 is 14.4 Å². The van der Waals surface area contributed by atoms with E-state index in [2.05, 4.69) is 47.0 Å². The molecular weight excluding hydrogens is 406 g/mol. The first-order valence-corrected chi connectivity index (χ1v) is 7.71. The fourth-order valence-corrected chi connectivity index (χ4v) is 3.05. The van der Waals surface area contributed by atoms with Crippen molar-refractivity contribution in [2.24, 2.45) is 5.41 Å². The molecule has 0 aliphatic carbocycles. The van der Waals surface area contributed by atoms with E-state index in [1.54, 1.807) is 6.20 Å². The molecule has 1 N–H and O–H groups in total. The number of halogens is 2. The SMILES string of the molecule is CC(C)(CC(=O)O)Cc1nc(-c2ncc(Br)cc2Br)no1. The molecule has 2 rings (SSSR count). The summed E-state index contributed by atoms with van der Waals surface area (Å²) in [6, 6.07) is 1.84. The number of aromatic nitrogens is 3. The highest BCUT2D eigenvalue weighted by Gasteiger charge is 2.26. The summed E-state index contributed by atoms with van der Waals surface area (Å²) >= 11 is 6.72. The third-order valence-corrected chi connectivity index (χ3v) is 3.79. The van der Waals surface area contributed by atoms with E-state index in [0.717, 1.165) is 8.95 Å². The molecule has 0 aliphatic heterocycles. The van der Waals surface area contributed by atoms with Crippen molar-refractivity contribution in [1.82, 2.24) is 15.1 Å². The molecule has 2 aromatic heterocycles. The molecule has 0 unspecified atom stereocenters. The summed E-state index contributed by atoms with van der Waals surface area (Å²) < 4.78 is 6.78. The molecule has 0 spiro atoms. The van der Waals surface area contributed by atoms with E-state index < -0.39 is 11.4 Å². The van der Waals surface area contributed by atoms with Crippen molar-refractivity contribution >= 4 is 37.8 Å². The van der Waals surface area contributed by atoms with Crippen molar-refractivity contribution in [2.75, 3.05) is 0 Å². The van der Waals surface area contributed by atoms with Crippen molar-refractivity contribution in [2.45, 2.75) is 26.7 Å². The van der Waals surface area contributed by atoms with Gasteiger partial charge in [-0.3, -0.25) is 9.78 Å². The molecule has 2 aromatic rings. The largest absolute Gasteiger partial charge is 0.481 e. The summed E-state index contributed by atoms with van der Waals surface area (Å²) in [5, 5.41) is 12.8. The Morgan fingerprint density at radius 2 is 2.14 bits per heavy atom. The summed E-state index contributed by atoms with van der Waals surface area (Å²) in [5.74, 6) is -0.0829. The van der Waals surface area contributed by atoms with Crippen LogP contribution in [0.3, 0.4) is 0 Å². The lowest BCUT2D eigenvalue weighted by Gasteiger charge is -2.19. The van der Waals surface area contributed by atoms with Gasteiger partial charge < -0.3 is 9.63 Å². The Morgan fingerprint density at radius 1 is 1.43 bits per heavy atom. The van der Waals surface area contributed by atoms with Gasteiger partial charge in [-0.15, -0.1) is 0 Å². The van der Waals surface area contributed by atoms with Crippen LogP contribution in [0.1, 0.15) is 26.2 Å². The molecule has 2 heterocycles. The Morgan fingerprint density at radius 3 is 2.76 bits per heavy atom. The van der Waals surface area contributed by atoms with Crippen LogP contribution in [-0.4, -0.2) is 26.2 Å². The highest BCUT2D eigenvalue weighted by atomic mass is 79.9. The van der Waals surface area contributed by atoms with Gasteiger partial charge in [-0.1, -0.05) is 19.0 Å². The molecule has 8 heteroatoms. The highest BCUT2D eigenvalue weighted by Crippen LogP contribution is 2.29. The fraction of sp³-hybridized carbons (Fsp3) is 0.385. The number of rotatable bonds is 5. The summed E-state index contributed by atoms with van der Waals surface area (Å²) in [6.45, 7) is 3.69. The highest BCUT2D eigenvalue weighted by molar-refractivity contribution is 9.11. The van der Waals surface area contributed by atoms with Gasteiger partial charge in [0, 0.05) is 21.6 Å². The first kappa shape index (κ1) is 16.1. The van der Waals surface area contributed by atoms with Crippen molar-refractivity contribution in [3.63, 3.8) is 0 Å². The van der Waals surface area contributed by atoms with E-state index >= 15 is 0 Å². The molecule has 0 amide bonds. The second kappa shape index (κ2) is 6.23. The van der Waals surface area contributed by atoms with Crippen LogP contribution in [0.4, 0.5) is 0 Å². The summed E-state index contributed by atoms with van der Waals surface area (Å²) in [4.78, 5) is 19.3. The molecule has 0 saturated heterocycles. The Balaban J connectivity index is 2.20. The van der Waals surface area contributed by atoms with Crippen LogP contribution in [0.15, 0.2) is 25.7 Å². The monoisotopic (exact) mass is 417 g/mol. The Hall–Kier alpha value is -1.28. The van der Waals surface area contributed by atoms with E-state index in [0.29, 0.717) is 23.8 Å². The second-order valence-electron chi connectivity index (χ2n) is 5.41. The second-order valence-corrected chi connectivity index (χ2v) is 7.18. The Labute approximate surface area is 138 Å². The van der Waals surface area contributed by atoms with E-state index in [1.807, 2.05) is 19.9 Å². The average molecular weight is 419 g/mol. The van der Waals surface area contributed by atoms with Gasteiger partial charge in [0.05, 0.1) is 6.42 Å². The standard InChI is InChI=1S/C13H13Br2N3O3/c1-13(2,5-10(19)20)4-9-17-12(18-21-9)11-8(15)3-7(14)6-16-11/h3,6H,4-5H2,1-2H3,(H,19,20). The smallest absolute Gasteiger partial charge is 0.303 e. The van der Waals surface area contributed by atoms with E-state index in [-0.39, 0.29) is 6.42 Å². The van der Waals surface area contributed by atoms with Gasteiger partial charge >= 0.3 is 5.97 Å². The summed E-state index contributed by atoms with van der Waals surface area (Å²) in [5.41, 5.74) is 0.115. The first-order valence-electron chi connectivity index (χ1n) is 6.13. The predicted molar refractivity (Wildman–Crippen MR) is 82.7 cm³/mol. The number of aliphatic carboxylic acids is 1. The summed E-state index contributed by atoms with van der Waals surface area (Å²) in [6.07, 6.45) is 2.07. The quantitative estimate of drug-likeness (QED) is 0.796. The van der Waals surface area contributed by atoms with Crippen molar-refractivity contribution in [3.05, 3.63) is 27.1 Å². The normalized spacial score (nSPS) is 11.6. The van der Waals surface area contributed by atoms with Crippen LogP contribution in [0, 0.1) is 5.41 Å². The third-order valence-electron chi connectivity index (χ3n) is 2.75. The molecule has 112 valence electrons. The molecule has 0 aliphatic rings. The van der Waals surface area contributed by atoms with Crippen LogP contribution >= 0.6 is 31.9 Å². The summed E-state index contributed by atoms with van der Waals surface area (Å²) in [7, 11) is 0. The molecule has 0 bridgehead atoms. The lowest BCUT2D eigenvalue weighted by molar-refractivity contribution is -0.139. The van der Waals surface area contributed by atoms with E-state index in [4.69, 9.17) is 9.63 Å². The minimum Gasteiger partial charge on any atom is -0.481 e. The van der Waals surface area contributed by atoms with Crippen molar-refractivity contribution in [1.29, 1.82) is 0 Å².